The molecule has 16 heavy (non-hydrogen) atoms. The third kappa shape index (κ3) is 3.54. The van der Waals surface area contributed by atoms with Gasteiger partial charge in [-0.25, -0.2) is 8.78 Å². The van der Waals surface area contributed by atoms with Gasteiger partial charge in [-0.05, 0) is 26.8 Å². The van der Waals surface area contributed by atoms with Crippen LogP contribution in [0, 0.1) is 11.6 Å². The van der Waals surface area contributed by atoms with E-state index in [-0.39, 0.29) is 17.6 Å². The molecule has 1 atom stereocenters. The molecule has 0 saturated heterocycles. The van der Waals surface area contributed by atoms with Gasteiger partial charge < -0.3 is 10.4 Å². The van der Waals surface area contributed by atoms with Gasteiger partial charge in [0.2, 0.25) is 0 Å². The fourth-order valence-corrected chi connectivity index (χ4v) is 1.29. The number of benzene rings is 1. The standard InChI is InChI=1S/C12H17F2NO/c1-12(2,3)15-7-10(16)8-5-4-6-9(13)11(8)14/h4-6,10,15-16H,7H2,1-3H3/t10-/m0/s1. The van der Waals surface area contributed by atoms with Gasteiger partial charge in [0.05, 0.1) is 6.10 Å². The summed E-state index contributed by atoms with van der Waals surface area (Å²) in [4.78, 5) is 0. The van der Waals surface area contributed by atoms with Gasteiger partial charge in [-0.1, -0.05) is 12.1 Å². The molecule has 2 N–H and O–H groups in total. The highest BCUT2D eigenvalue weighted by Gasteiger charge is 2.18. The fraction of sp³-hybridized carbons (Fsp3) is 0.500. The molecule has 1 aromatic carbocycles. The number of hydrogen-bond donors (Lipinski definition) is 2. The van der Waals surface area contributed by atoms with Gasteiger partial charge >= 0.3 is 0 Å². The Hall–Kier alpha value is -1.00. The number of halogens is 2. The van der Waals surface area contributed by atoms with Crippen molar-refractivity contribution >= 4 is 0 Å². The van der Waals surface area contributed by atoms with Gasteiger partial charge in [-0.2, -0.15) is 0 Å². The van der Waals surface area contributed by atoms with Crippen LogP contribution in [0.25, 0.3) is 0 Å². The molecule has 0 saturated carbocycles. The fourth-order valence-electron chi connectivity index (χ4n) is 1.29. The largest absolute Gasteiger partial charge is 0.387 e. The van der Waals surface area contributed by atoms with Crippen LogP contribution in [0.2, 0.25) is 0 Å². The molecule has 0 aromatic heterocycles. The molecule has 0 amide bonds. The molecule has 0 aliphatic carbocycles. The second kappa shape index (κ2) is 4.89. The molecule has 2 nitrogen and oxygen atoms in total. The first kappa shape index (κ1) is 13.1. The van der Waals surface area contributed by atoms with Crippen LogP contribution in [-0.4, -0.2) is 17.2 Å². The van der Waals surface area contributed by atoms with Crippen molar-refractivity contribution in [2.45, 2.75) is 32.4 Å². The molecule has 0 spiro atoms. The quantitative estimate of drug-likeness (QED) is 0.834. The lowest BCUT2D eigenvalue weighted by Crippen LogP contribution is -2.38. The number of β-amino-alcohol motifs (C(OH)–C–C–N with tert-alkyl or cyclic N) is 1. The molecule has 0 bridgehead atoms. The van der Waals surface area contributed by atoms with Gasteiger partial charge in [0.25, 0.3) is 0 Å². The average Bonchev–Trinajstić information content (AvgIpc) is 2.17. The third-order valence-electron chi connectivity index (χ3n) is 2.17. The second-order valence-electron chi connectivity index (χ2n) is 4.79. The Bertz CT molecular complexity index is 361. The molecule has 0 aliphatic heterocycles. The molecule has 4 heteroatoms. The number of nitrogens with one attached hydrogen (secondary N) is 1. The molecular weight excluding hydrogens is 212 g/mol. The van der Waals surface area contributed by atoms with E-state index in [0.717, 1.165) is 6.07 Å². The van der Waals surface area contributed by atoms with Crippen molar-refractivity contribution in [1.82, 2.24) is 5.32 Å². The molecule has 1 rings (SSSR count). The van der Waals surface area contributed by atoms with Crippen LogP contribution in [0.15, 0.2) is 18.2 Å². The van der Waals surface area contributed by atoms with Gasteiger partial charge in [0.1, 0.15) is 0 Å². The van der Waals surface area contributed by atoms with E-state index in [2.05, 4.69) is 5.32 Å². The summed E-state index contributed by atoms with van der Waals surface area (Å²) in [5, 5.41) is 12.7. The zero-order chi connectivity index (χ0) is 12.3. The van der Waals surface area contributed by atoms with Crippen molar-refractivity contribution in [3.8, 4) is 0 Å². The van der Waals surface area contributed by atoms with E-state index >= 15 is 0 Å². The van der Waals surface area contributed by atoms with Gasteiger partial charge in [-0.3, -0.25) is 0 Å². The Morgan fingerprint density at radius 2 is 1.94 bits per heavy atom. The lowest BCUT2D eigenvalue weighted by molar-refractivity contribution is 0.158. The molecular formula is C12H17F2NO. The van der Waals surface area contributed by atoms with Crippen LogP contribution in [-0.2, 0) is 0 Å². The van der Waals surface area contributed by atoms with Crippen molar-refractivity contribution in [2.75, 3.05) is 6.54 Å². The molecule has 1 aromatic rings. The maximum atomic E-state index is 13.3. The number of rotatable bonds is 3. The van der Waals surface area contributed by atoms with Crippen molar-refractivity contribution in [3.63, 3.8) is 0 Å². The predicted octanol–water partition coefficient (Wildman–Crippen LogP) is 2.39. The molecule has 0 heterocycles. The molecule has 0 radical (unpaired) electrons. The Kier molecular flexibility index (Phi) is 3.99. The van der Waals surface area contributed by atoms with Crippen LogP contribution in [0.3, 0.4) is 0 Å². The van der Waals surface area contributed by atoms with E-state index in [1.165, 1.54) is 12.1 Å². The molecule has 0 unspecified atom stereocenters. The van der Waals surface area contributed by atoms with Crippen LogP contribution < -0.4 is 5.32 Å². The summed E-state index contributed by atoms with van der Waals surface area (Å²) in [6.45, 7) is 5.98. The van der Waals surface area contributed by atoms with Crippen molar-refractivity contribution < 1.29 is 13.9 Å². The van der Waals surface area contributed by atoms with Crippen molar-refractivity contribution in [1.29, 1.82) is 0 Å². The Balaban J connectivity index is 2.73. The summed E-state index contributed by atoms with van der Waals surface area (Å²) >= 11 is 0. The molecule has 90 valence electrons. The monoisotopic (exact) mass is 229 g/mol. The lowest BCUT2D eigenvalue weighted by atomic mass is 10.1. The average molecular weight is 229 g/mol. The van der Waals surface area contributed by atoms with Crippen molar-refractivity contribution in [2.24, 2.45) is 0 Å². The van der Waals surface area contributed by atoms with Crippen LogP contribution in [0.1, 0.15) is 32.4 Å². The van der Waals surface area contributed by atoms with Crippen LogP contribution in [0.5, 0.6) is 0 Å². The SMILES string of the molecule is CC(C)(C)NC[C@H](O)c1cccc(F)c1F. The summed E-state index contributed by atoms with van der Waals surface area (Å²) < 4.78 is 26.2. The maximum Gasteiger partial charge on any atom is 0.164 e. The van der Waals surface area contributed by atoms with E-state index < -0.39 is 17.7 Å². The maximum absolute atomic E-state index is 13.3. The van der Waals surface area contributed by atoms with E-state index in [4.69, 9.17) is 0 Å². The first-order valence-corrected chi connectivity index (χ1v) is 5.18. The van der Waals surface area contributed by atoms with E-state index in [1.54, 1.807) is 0 Å². The minimum atomic E-state index is -1.05. The zero-order valence-corrected chi connectivity index (χ0v) is 9.72. The minimum absolute atomic E-state index is 0.0169. The summed E-state index contributed by atoms with van der Waals surface area (Å²) in [6, 6.07) is 3.80. The second-order valence-corrected chi connectivity index (χ2v) is 4.79. The highest BCUT2D eigenvalue weighted by molar-refractivity contribution is 5.21. The van der Waals surface area contributed by atoms with Gasteiger partial charge in [-0.15, -0.1) is 0 Å². The Labute approximate surface area is 94.3 Å². The Morgan fingerprint density at radius 3 is 2.50 bits per heavy atom. The first-order valence-electron chi connectivity index (χ1n) is 5.18. The summed E-state index contributed by atoms with van der Waals surface area (Å²) in [5.74, 6) is -1.92. The van der Waals surface area contributed by atoms with Crippen molar-refractivity contribution in [3.05, 3.63) is 35.4 Å². The molecule has 0 fully saturated rings. The number of hydrogen-bond acceptors (Lipinski definition) is 2. The minimum Gasteiger partial charge on any atom is -0.387 e. The van der Waals surface area contributed by atoms with E-state index in [0.29, 0.717) is 0 Å². The number of aliphatic hydroxyl groups excluding tert-OH is 1. The third-order valence-corrected chi connectivity index (χ3v) is 2.17. The van der Waals surface area contributed by atoms with Crippen LogP contribution in [0.4, 0.5) is 8.78 Å². The van der Waals surface area contributed by atoms with E-state index in [9.17, 15) is 13.9 Å². The van der Waals surface area contributed by atoms with Gasteiger partial charge in [0.15, 0.2) is 11.6 Å². The smallest absolute Gasteiger partial charge is 0.164 e. The summed E-state index contributed by atoms with van der Waals surface area (Å²) in [6.07, 6.45) is -1.05. The highest BCUT2D eigenvalue weighted by atomic mass is 19.2. The summed E-state index contributed by atoms with van der Waals surface area (Å²) in [5.41, 5.74) is -0.193. The van der Waals surface area contributed by atoms with E-state index in [1.807, 2.05) is 20.8 Å². The number of aliphatic hydroxyl groups is 1. The summed E-state index contributed by atoms with van der Waals surface area (Å²) in [7, 11) is 0. The van der Waals surface area contributed by atoms with Crippen LogP contribution >= 0.6 is 0 Å². The lowest BCUT2D eigenvalue weighted by Gasteiger charge is -2.23. The highest BCUT2D eigenvalue weighted by Crippen LogP contribution is 2.19. The predicted molar refractivity (Wildman–Crippen MR) is 59.1 cm³/mol. The molecule has 0 aliphatic rings. The Morgan fingerprint density at radius 1 is 1.31 bits per heavy atom. The zero-order valence-electron chi connectivity index (χ0n) is 9.72. The first-order chi connectivity index (χ1) is 7.31. The van der Waals surface area contributed by atoms with Gasteiger partial charge in [0, 0.05) is 17.6 Å². The topological polar surface area (TPSA) is 32.3 Å². The normalized spacial score (nSPS) is 13.9.